The highest BCUT2D eigenvalue weighted by Crippen LogP contribution is 2.36. The van der Waals surface area contributed by atoms with Gasteiger partial charge in [0.05, 0.1) is 12.1 Å². The number of carbonyl (C=O) groups excluding carboxylic acids is 2. The van der Waals surface area contributed by atoms with Crippen molar-refractivity contribution in [2.24, 2.45) is 5.73 Å². The minimum atomic E-state index is -0.943. The largest absolute Gasteiger partial charge is 0.389 e. The van der Waals surface area contributed by atoms with Gasteiger partial charge in [0.25, 0.3) is 0 Å². The topological polar surface area (TPSA) is 83.6 Å². The van der Waals surface area contributed by atoms with Gasteiger partial charge < -0.3 is 15.7 Å². The van der Waals surface area contributed by atoms with E-state index in [-0.39, 0.29) is 24.9 Å². The molecule has 0 spiro atoms. The molecule has 3 N–H and O–H groups in total. The zero-order chi connectivity index (χ0) is 21.0. The van der Waals surface area contributed by atoms with Crippen LogP contribution in [0, 0.1) is 11.6 Å². The van der Waals surface area contributed by atoms with Crippen molar-refractivity contribution < 1.29 is 23.5 Å². The van der Waals surface area contributed by atoms with Crippen molar-refractivity contribution in [1.29, 1.82) is 0 Å². The number of rotatable bonds is 7. The van der Waals surface area contributed by atoms with Crippen LogP contribution in [0.4, 0.5) is 8.78 Å². The molecule has 2 atom stereocenters. The third-order valence-corrected chi connectivity index (χ3v) is 4.96. The van der Waals surface area contributed by atoms with Gasteiger partial charge in [-0.15, -0.1) is 0 Å². The fraction of sp³-hybridized carbons (Fsp3) is 0.273. The number of benzene rings is 2. The van der Waals surface area contributed by atoms with E-state index in [0.29, 0.717) is 5.57 Å². The number of nitrogens with two attached hydrogens (primary N) is 1. The average molecular weight is 400 g/mol. The standard InChI is InChI=1S/C22H22F2N2O3/c23-16-6-8-19(24)18(11-16)15-10-21(14-4-2-1-3-5-14)26(12-15)22(29)20(25)9-7-17(28)13-27/h1-6,8,10-11,20-21,27H,7,9,12-13,25H2/t20-,21?/m0/s1. The van der Waals surface area contributed by atoms with Crippen molar-refractivity contribution in [3.8, 4) is 0 Å². The molecule has 7 heteroatoms. The number of amides is 1. The second-order valence-electron chi connectivity index (χ2n) is 6.98. The maximum Gasteiger partial charge on any atom is 0.240 e. The highest BCUT2D eigenvalue weighted by atomic mass is 19.1. The van der Waals surface area contributed by atoms with Gasteiger partial charge in [-0.25, -0.2) is 8.78 Å². The van der Waals surface area contributed by atoms with Crippen LogP contribution >= 0.6 is 0 Å². The Labute approximate surface area is 167 Å². The Kier molecular flexibility index (Phi) is 6.51. The molecule has 3 rings (SSSR count). The number of halogens is 2. The Morgan fingerprint density at radius 1 is 1.17 bits per heavy atom. The van der Waals surface area contributed by atoms with Crippen molar-refractivity contribution in [2.45, 2.75) is 24.9 Å². The molecule has 0 saturated heterocycles. The van der Waals surface area contributed by atoms with Crippen LogP contribution in [0.1, 0.15) is 30.0 Å². The third-order valence-electron chi connectivity index (χ3n) is 4.96. The molecule has 29 heavy (non-hydrogen) atoms. The van der Waals surface area contributed by atoms with Gasteiger partial charge in [0.2, 0.25) is 5.91 Å². The van der Waals surface area contributed by atoms with E-state index in [1.165, 1.54) is 4.90 Å². The summed E-state index contributed by atoms with van der Waals surface area (Å²) in [5.41, 5.74) is 7.40. The van der Waals surface area contributed by atoms with E-state index in [1.807, 2.05) is 30.3 Å². The van der Waals surface area contributed by atoms with Gasteiger partial charge in [-0.2, -0.15) is 0 Å². The first-order valence-electron chi connectivity index (χ1n) is 9.30. The molecule has 2 aromatic rings. The first-order chi connectivity index (χ1) is 13.9. The van der Waals surface area contributed by atoms with Crippen molar-refractivity contribution in [1.82, 2.24) is 4.90 Å². The van der Waals surface area contributed by atoms with Crippen LogP contribution in [-0.2, 0) is 9.59 Å². The number of aliphatic hydroxyl groups excluding tert-OH is 1. The smallest absolute Gasteiger partial charge is 0.240 e. The fourth-order valence-electron chi connectivity index (χ4n) is 3.41. The Balaban J connectivity index is 1.89. The lowest BCUT2D eigenvalue weighted by Crippen LogP contribution is -2.44. The van der Waals surface area contributed by atoms with Crippen LogP contribution in [-0.4, -0.2) is 40.9 Å². The van der Waals surface area contributed by atoms with Crippen molar-refractivity contribution in [2.75, 3.05) is 13.2 Å². The molecule has 5 nitrogen and oxygen atoms in total. The Morgan fingerprint density at radius 2 is 1.90 bits per heavy atom. The van der Waals surface area contributed by atoms with Crippen LogP contribution in [0.15, 0.2) is 54.6 Å². The molecular weight excluding hydrogens is 378 g/mol. The lowest BCUT2D eigenvalue weighted by Gasteiger charge is -2.28. The molecular formula is C22H22F2N2O3. The normalized spacial score (nSPS) is 17.2. The lowest BCUT2D eigenvalue weighted by atomic mass is 10.0. The van der Waals surface area contributed by atoms with Gasteiger partial charge in [-0.05, 0) is 35.8 Å². The van der Waals surface area contributed by atoms with Crippen molar-refractivity contribution in [3.05, 3.63) is 77.4 Å². The third kappa shape index (κ3) is 4.75. The quantitative estimate of drug-likeness (QED) is 0.748. The molecule has 1 unspecified atom stereocenters. The molecule has 1 aliphatic rings. The lowest BCUT2D eigenvalue weighted by molar-refractivity contribution is -0.133. The molecule has 1 heterocycles. The van der Waals surface area contributed by atoms with E-state index in [4.69, 9.17) is 10.8 Å². The van der Waals surface area contributed by atoms with Crippen LogP contribution in [0.3, 0.4) is 0 Å². The van der Waals surface area contributed by atoms with E-state index in [2.05, 4.69) is 0 Å². The van der Waals surface area contributed by atoms with Gasteiger partial charge in [-0.3, -0.25) is 9.59 Å². The van der Waals surface area contributed by atoms with Gasteiger partial charge >= 0.3 is 0 Å². The first-order valence-corrected chi connectivity index (χ1v) is 9.30. The molecule has 0 aliphatic carbocycles. The Morgan fingerprint density at radius 3 is 2.59 bits per heavy atom. The zero-order valence-corrected chi connectivity index (χ0v) is 15.7. The molecule has 0 bridgehead atoms. The van der Waals surface area contributed by atoms with Gasteiger partial charge in [0.1, 0.15) is 18.2 Å². The van der Waals surface area contributed by atoms with Crippen LogP contribution in [0.5, 0.6) is 0 Å². The van der Waals surface area contributed by atoms with E-state index in [1.54, 1.807) is 6.08 Å². The van der Waals surface area contributed by atoms with E-state index in [9.17, 15) is 18.4 Å². The second-order valence-corrected chi connectivity index (χ2v) is 6.98. The predicted octanol–water partition coefficient (Wildman–Crippen LogP) is 2.60. The SMILES string of the molecule is N[C@@H](CCC(=O)CO)C(=O)N1CC(c2cc(F)ccc2F)=CC1c1ccccc1. The summed E-state index contributed by atoms with van der Waals surface area (Å²) in [6.07, 6.45) is 1.82. The molecule has 0 radical (unpaired) electrons. The monoisotopic (exact) mass is 400 g/mol. The zero-order valence-electron chi connectivity index (χ0n) is 15.7. The van der Waals surface area contributed by atoms with Crippen LogP contribution < -0.4 is 5.73 Å². The summed E-state index contributed by atoms with van der Waals surface area (Å²) in [6.45, 7) is -0.526. The summed E-state index contributed by atoms with van der Waals surface area (Å²) in [5.74, 6) is -1.93. The molecule has 1 aliphatic heterocycles. The predicted molar refractivity (Wildman–Crippen MR) is 105 cm³/mol. The maximum absolute atomic E-state index is 14.3. The fourth-order valence-corrected chi connectivity index (χ4v) is 3.41. The highest BCUT2D eigenvalue weighted by molar-refractivity contribution is 5.87. The number of hydrogen-bond donors (Lipinski definition) is 2. The summed E-state index contributed by atoms with van der Waals surface area (Å²) in [5, 5.41) is 8.84. The number of Topliss-reactive ketones (excluding diaryl/α,β-unsaturated/α-hetero) is 1. The Hall–Kier alpha value is -2.90. The van der Waals surface area contributed by atoms with Crippen molar-refractivity contribution in [3.63, 3.8) is 0 Å². The van der Waals surface area contributed by atoms with Crippen molar-refractivity contribution >= 4 is 17.3 Å². The molecule has 0 fully saturated rings. The van der Waals surface area contributed by atoms with Gasteiger partial charge in [-0.1, -0.05) is 36.4 Å². The highest BCUT2D eigenvalue weighted by Gasteiger charge is 2.34. The molecule has 0 aromatic heterocycles. The minimum absolute atomic E-state index is 0.00788. The summed E-state index contributed by atoms with van der Waals surface area (Å²) in [4.78, 5) is 25.8. The second kappa shape index (κ2) is 9.07. The molecule has 152 valence electrons. The molecule has 1 amide bonds. The van der Waals surface area contributed by atoms with Crippen LogP contribution in [0.2, 0.25) is 0 Å². The number of carbonyl (C=O) groups is 2. The maximum atomic E-state index is 14.3. The van der Waals surface area contributed by atoms with Gasteiger partial charge in [0.15, 0.2) is 5.78 Å². The summed E-state index contributed by atoms with van der Waals surface area (Å²) in [7, 11) is 0. The summed E-state index contributed by atoms with van der Waals surface area (Å²) in [6, 6.07) is 11.0. The molecule has 2 aromatic carbocycles. The number of hydrogen-bond acceptors (Lipinski definition) is 4. The van der Waals surface area contributed by atoms with Gasteiger partial charge in [0, 0.05) is 18.5 Å². The van der Waals surface area contributed by atoms with E-state index < -0.39 is 42.0 Å². The average Bonchev–Trinajstić information content (AvgIpc) is 3.18. The first kappa shape index (κ1) is 20.8. The number of aliphatic hydroxyl groups is 1. The molecule has 0 saturated carbocycles. The number of ketones is 1. The summed E-state index contributed by atoms with van der Waals surface area (Å²) >= 11 is 0. The Bertz CT molecular complexity index is 931. The van der Waals surface area contributed by atoms with E-state index >= 15 is 0 Å². The minimum Gasteiger partial charge on any atom is -0.389 e. The van der Waals surface area contributed by atoms with Crippen LogP contribution in [0.25, 0.3) is 5.57 Å². The van der Waals surface area contributed by atoms with E-state index in [0.717, 1.165) is 23.8 Å². The summed E-state index contributed by atoms with van der Waals surface area (Å²) < 4.78 is 28.0. The number of nitrogens with zero attached hydrogens (tertiary/aromatic N) is 1.